The lowest BCUT2D eigenvalue weighted by Gasteiger charge is -2.35. The van der Waals surface area contributed by atoms with Gasteiger partial charge in [-0.15, -0.1) is 0 Å². The molecule has 2 rings (SSSR count). The minimum atomic E-state index is 0.829. The van der Waals surface area contributed by atoms with Crippen LogP contribution >= 0.6 is 0 Å². The number of piperazine rings is 1. The van der Waals surface area contributed by atoms with Gasteiger partial charge in [0.2, 0.25) is 6.41 Å². The van der Waals surface area contributed by atoms with E-state index in [1.165, 1.54) is 22.4 Å². The van der Waals surface area contributed by atoms with E-state index in [0.29, 0.717) is 0 Å². The first-order valence-corrected chi connectivity index (χ1v) is 6.14. The predicted octanol–water partition coefficient (Wildman–Crippen LogP) is 1.89. The summed E-state index contributed by atoms with van der Waals surface area (Å²) in [6, 6.07) is 4.51. The van der Waals surface area contributed by atoms with E-state index in [-0.39, 0.29) is 0 Å². The molecule has 0 bridgehead atoms. The molecule has 1 aliphatic heterocycles. The van der Waals surface area contributed by atoms with Gasteiger partial charge in [-0.2, -0.15) is 0 Å². The van der Waals surface area contributed by atoms with Gasteiger partial charge in [0, 0.05) is 31.9 Å². The van der Waals surface area contributed by atoms with Gasteiger partial charge in [-0.3, -0.25) is 4.79 Å². The van der Waals surface area contributed by atoms with Gasteiger partial charge >= 0.3 is 0 Å². The van der Waals surface area contributed by atoms with Crippen LogP contribution < -0.4 is 4.90 Å². The van der Waals surface area contributed by atoms with E-state index in [1.54, 1.807) is 0 Å². The first-order valence-electron chi connectivity index (χ1n) is 6.14. The molecule has 1 aromatic carbocycles. The third-order valence-corrected chi connectivity index (χ3v) is 3.62. The largest absolute Gasteiger partial charge is 0.368 e. The van der Waals surface area contributed by atoms with E-state index in [1.807, 2.05) is 4.90 Å². The Morgan fingerprint density at radius 1 is 0.941 bits per heavy atom. The maximum Gasteiger partial charge on any atom is 0.209 e. The van der Waals surface area contributed by atoms with E-state index in [0.717, 1.165) is 32.6 Å². The van der Waals surface area contributed by atoms with Gasteiger partial charge in [0.15, 0.2) is 0 Å². The van der Waals surface area contributed by atoms with Crippen molar-refractivity contribution in [2.75, 3.05) is 31.1 Å². The highest BCUT2D eigenvalue weighted by Crippen LogP contribution is 2.24. The lowest BCUT2D eigenvalue weighted by molar-refractivity contribution is -0.118. The molecule has 0 aromatic heterocycles. The number of carbonyl (C=O) groups is 1. The van der Waals surface area contributed by atoms with Crippen molar-refractivity contribution in [3.05, 3.63) is 28.8 Å². The van der Waals surface area contributed by atoms with Crippen molar-refractivity contribution in [2.24, 2.45) is 0 Å². The SMILES string of the molecule is Cc1cc(C)c(N2CCN(C=O)CC2)cc1C. The second-order valence-electron chi connectivity index (χ2n) is 4.85. The first kappa shape index (κ1) is 12.0. The van der Waals surface area contributed by atoms with E-state index in [9.17, 15) is 4.79 Å². The molecule has 0 spiro atoms. The molecule has 3 nitrogen and oxygen atoms in total. The molecule has 0 unspecified atom stereocenters. The van der Waals surface area contributed by atoms with Crippen molar-refractivity contribution < 1.29 is 4.79 Å². The molecule has 0 radical (unpaired) electrons. The number of carbonyl (C=O) groups excluding carboxylic acids is 1. The van der Waals surface area contributed by atoms with Crippen molar-refractivity contribution in [1.29, 1.82) is 0 Å². The van der Waals surface area contributed by atoms with Crippen molar-refractivity contribution in [3.8, 4) is 0 Å². The molecule has 0 atom stereocenters. The van der Waals surface area contributed by atoms with E-state index >= 15 is 0 Å². The summed E-state index contributed by atoms with van der Waals surface area (Å²) in [7, 11) is 0. The third-order valence-electron chi connectivity index (χ3n) is 3.62. The van der Waals surface area contributed by atoms with Crippen molar-refractivity contribution in [2.45, 2.75) is 20.8 Å². The average Bonchev–Trinajstić information content (AvgIpc) is 2.34. The Balaban J connectivity index is 2.18. The van der Waals surface area contributed by atoms with Gasteiger partial charge in [-0.05, 0) is 43.5 Å². The topological polar surface area (TPSA) is 23.6 Å². The van der Waals surface area contributed by atoms with Gasteiger partial charge in [-0.25, -0.2) is 0 Å². The van der Waals surface area contributed by atoms with Crippen LogP contribution in [0.15, 0.2) is 12.1 Å². The summed E-state index contributed by atoms with van der Waals surface area (Å²) >= 11 is 0. The van der Waals surface area contributed by atoms with Crippen LogP contribution in [0.5, 0.6) is 0 Å². The van der Waals surface area contributed by atoms with Crippen molar-refractivity contribution in [3.63, 3.8) is 0 Å². The highest BCUT2D eigenvalue weighted by molar-refractivity contribution is 5.58. The molecule has 92 valence electrons. The molecule has 1 aromatic rings. The van der Waals surface area contributed by atoms with Gasteiger partial charge in [0.05, 0.1) is 0 Å². The molecular weight excluding hydrogens is 212 g/mol. The summed E-state index contributed by atoms with van der Waals surface area (Å²) in [5, 5.41) is 0. The second kappa shape index (κ2) is 4.78. The van der Waals surface area contributed by atoms with Crippen LogP contribution in [0.1, 0.15) is 16.7 Å². The average molecular weight is 232 g/mol. The Labute approximate surface area is 103 Å². The minimum absolute atomic E-state index is 0.829. The Bertz CT molecular complexity index is 420. The number of amides is 1. The lowest BCUT2D eigenvalue weighted by atomic mass is 10.0. The van der Waals surface area contributed by atoms with Gasteiger partial charge in [0.1, 0.15) is 0 Å². The van der Waals surface area contributed by atoms with Gasteiger partial charge < -0.3 is 9.80 Å². The molecule has 17 heavy (non-hydrogen) atoms. The maximum atomic E-state index is 10.7. The number of rotatable bonds is 2. The van der Waals surface area contributed by atoms with Crippen LogP contribution in [-0.2, 0) is 4.79 Å². The first-order chi connectivity index (χ1) is 8.11. The summed E-state index contributed by atoms with van der Waals surface area (Å²) in [6.45, 7) is 9.99. The Kier molecular flexibility index (Phi) is 3.36. The summed E-state index contributed by atoms with van der Waals surface area (Å²) in [6.07, 6.45) is 0.949. The minimum Gasteiger partial charge on any atom is -0.368 e. The highest BCUT2D eigenvalue weighted by Gasteiger charge is 2.17. The fourth-order valence-corrected chi connectivity index (χ4v) is 2.35. The molecule has 0 aliphatic carbocycles. The zero-order valence-corrected chi connectivity index (χ0v) is 10.9. The molecule has 1 amide bonds. The number of nitrogens with zero attached hydrogens (tertiary/aromatic N) is 2. The Morgan fingerprint density at radius 3 is 2.12 bits per heavy atom. The maximum absolute atomic E-state index is 10.7. The van der Waals surface area contributed by atoms with E-state index in [2.05, 4.69) is 37.8 Å². The van der Waals surface area contributed by atoms with Crippen molar-refractivity contribution in [1.82, 2.24) is 4.90 Å². The van der Waals surface area contributed by atoms with E-state index < -0.39 is 0 Å². The molecule has 3 heteroatoms. The number of anilines is 1. The summed E-state index contributed by atoms with van der Waals surface area (Å²) in [4.78, 5) is 14.9. The zero-order chi connectivity index (χ0) is 12.4. The third kappa shape index (κ3) is 2.43. The lowest BCUT2D eigenvalue weighted by Crippen LogP contribution is -2.45. The van der Waals surface area contributed by atoms with Crippen molar-refractivity contribution >= 4 is 12.1 Å². The number of aryl methyl sites for hydroxylation is 3. The predicted molar refractivity (Wildman–Crippen MR) is 70.5 cm³/mol. The summed E-state index contributed by atoms with van der Waals surface area (Å²) in [5.74, 6) is 0. The molecule has 1 saturated heterocycles. The number of hydrogen-bond donors (Lipinski definition) is 0. The van der Waals surface area contributed by atoms with Crippen LogP contribution in [0.3, 0.4) is 0 Å². The van der Waals surface area contributed by atoms with Gasteiger partial charge in [-0.1, -0.05) is 6.07 Å². The van der Waals surface area contributed by atoms with Crippen LogP contribution in [0.4, 0.5) is 5.69 Å². The Morgan fingerprint density at radius 2 is 1.53 bits per heavy atom. The van der Waals surface area contributed by atoms with Gasteiger partial charge in [0.25, 0.3) is 0 Å². The second-order valence-corrected chi connectivity index (χ2v) is 4.85. The summed E-state index contributed by atoms with van der Waals surface area (Å²) in [5.41, 5.74) is 5.33. The molecule has 0 N–H and O–H groups in total. The quantitative estimate of drug-likeness (QED) is 0.727. The number of benzene rings is 1. The fraction of sp³-hybridized carbons (Fsp3) is 0.500. The van der Waals surface area contributed by atoms with Crippen LogP contribution in [0.25, 0.3) is 0 Å². The Hall–Kier alpha value is -1.51. The molecule has 1 fully saturated rings. The molecule has 0 saturated carbocycles. The standard InChI is InChI=1S/C14H20N2O/c1-11-8-13(3)14(9-12(11)2)16-6-4-15(10-17)5-7-16/h8-10H,4-7H2,1-3H3. The summed E-state index contributed by atoms with van der Waals surface area (Å²) < 4.78 is 0. The fourth-order valence-electron chi connectivity index (χ4n) is 2.35. The zero-order valence-electron chi connectivity index (χ0n) is 10.9. The highest BCUT2D eigenvalue weighted by atomic mass is 16.1. The molecular formula is C14H20N2O. The monoisotopic (exact) mass is 232 g/mol. The number of hydrogen-bond acceptors (Lipinski definition) is 2. The normalized spacial score (nSPS) is 16.2. The molecule has 1 aliphatic rings. The smallest absolute Gasteiger partial charge is 0.209 e. The molecule has 1 heterocycles. The van der Waals surface area contributed by atoms with Crippen LogP contribution in [-0.4, -0.2) is 37.5 Å². The van der Waals surface area contributed by atoms with Crippen LogP contribution in [0.2, 0.25) is 0 Å². The van der Waals surface area contributed by atoms with E-state index in [4.69, 9.17) is 0 Å². The van der Waals surface area contributed by atoms with Crippen LogP contribution in [0, 0.1) is 20.8 Å².